The minimum atomic E-state index is -0.981. The monoisotopic (exact) mass is 222 g/mol. The van der Waals surface area contributed by atoms with Gasteiger partial charge in [0.25, 0.3) is 0 Å². The molecule has 0 aliphatic carbocycles. The second-order valence-corrected chi connectivity index (χ2v) is 3.52. The molecule has 1 aromatic rings. The van der Waals surface area contributed by atoms with E-state index < -0.39 is 5.97 Å². The van der Waals surface area contributed by atoms with E-state index in [1.54, 1.807) is 0 Å². The van der Waals surface area contributed by atoms with Crippen molar-refractivity contribution in [3.63, 3.8) is 0 Å². The normalized spacial score (nSPS) is 10.9. The topological polar surface area (TPSA) is 57.5 Å². The lowest BCUT2D eigenvalue weighted by molar-refractivity contribution is -0.131. The van der Waals surface area contributed by atoms with Gasteiger partial charge in [-0.15, -0.1) is 0 Å². The standard InChI is InChI=1S/C10H14O.C3H4O2/c1-9(8-11)7-10-5-3-2-4-6-10;1-2-3(4)5/h2-6,9,11H,7-8H2,1H3;2H,1H2,(H,4,5). The molecule has 1 unspecified atom stereocenters. The lowest BCUT2D eigenvalue weighted by Gasteiger charge is -2.06. The molecule has 1 aromatic carbocycles. The van der Waals surface area contributed by atoms with Gasteiger partial charge in [-0.1, -0.05) is 43.8 Å². The average Bonchev–Trinajstić information content (AvgIpc) is 2.31. The molecule has 88 valence electrons. The van der Waals surface area contributed by atoms with Crippen molar-refractivity contribution >= 4 is 5.97 Å². The molecule has 1 atom stereocenters. The number of carbonyl (C=O) groups is 1. The van der Waals surface area contributed by atoms with E-state index in [1.165, 1.54) is 5.56 Å². The van der Waals surface area contributed by atoms with E-state index in [0.717, 1.165) is 12.5 Å². The van der Waals surface area contributed by atoms with E-state index in [9.17, 15) is 4.79 Å². The highest BCUT2D eigenvalue weighted by Gasteiger charge is 1.99. The largest absolute Gasteiger partial charge is 0.478 e. The van der Waals surface area contributed by atoms with E-state index in [-0.39, 0.29) is 6.61 Å². The van der Waals surface area contributed by atoms with Crippen molar-refractivity contribution in [2.45, 2.75) is 13.3 Å². The van der Waals surface area contributed by atoms with Crippen LogP contribution in [-0.4, -0.2) is 22.8 Å². The van der Waals surface area contributed by atoms with Gasteiger partial charge in [0.05, 0.1) is 0 Å². The summed E-state index contributed by atoms with van der Waals surface area (Å²) in [5.74, 6) is -0.609. The molecule has 16 heavy (non-hydrogen) atoms. The van der Waals surface area contributed by atoms with Crippen LogP contribution in [0.4, 0.5) is 0 Å². The maximum Gasteiger partial charge on any atom is 0.327 e. The third kappa shape index (κ3) is 7.76. The van der Waals surface area contributed by atoms with Crippen LogP contribution in [0.2, 0.25) is 0 Å². The van der Waals surface area contributed by atoms with E-state index >= 15 is 0 Å². The van der Waals surface area contributed by atoms with Gasteiger partial charge in [-0.05, 0) is 17.9 Å². The fourth-order valence-corrected chi connectivity index (χ4v) is 1.08. The minimum Gasteiger partial charge on any atom is -0.478 e. The second-order valence-electron chi connectivity index (χ2n) is 3.52. The molecule has 2 N–H and O–H groups in total. The van der Waals surface area contributed by atoms with Crippen molar-refractivity contribution in [2.24, 2.45) is 5.92 Å². The molecule has 1 rings (SSSR count). The van der Waals surface area contributed by atoms with Crippen molar-refractivity contribution in [3.05, 3.63) is 48.6 Å². The van der Waals surface area contributed by atoms with Gasteiger partial charge in [0.2, 0.25) is 0 Å². The van der Waals surface area contributed by atoms with Crippen LogP contribution >= 0.6 is 0 Å². The van der Waals surface area contributed by atoms with Crippen molar-refractivity contribution < 1.29 is 15.0 Å². The molecule has 0 spiro atoms. The molecule has 0 saturated heterocycles. The molecule has 0 heterocycles. The first-order chi connectivity index (χ1) is 7.60. The third-order valence-electron chi connectivity index (χ3n) is 1.91. The summed E-state index contributed by atoms with van der Waals surface area (Å²) in [4.78, 5) is 9.25. The van der Waals surface area contributed by atoms with Gasteiger partial charge >= 0.3 is 5.97 Å². The lowest BCUT2D eigenvalue weighted by atomic mass is 10.0. The number of aliphatic carboxylic acids is 1. The Bertz CT molecular complexity index is 306. The van der Waals surface area contributed by atoms with E-state index in [4.69, 9.17) is 10.2 Å². The summed E-state index contributed by atoms with van der Waals surface area (Å²) in [7, 11) is 0. The molecule has 0 bridgehead atoms. The molecule has 0 radical (unpaired) electrons. The highest BCUT2D eigenvalue weighted by atomic mass is 16.4. The van der Waals surface area contributed by atoms with Crippen molar-refractivity contribution in [3.8, 4) is 0 Å². The zero-order valence-electron chi connectivity index (χ0n) is 9.47. The number of aliphatic hydroxyl groups is 1. The number of benzene rings is 1. The van der Waals surface area contributed by atoms with E-state index in [1.807, 2.05) is 25.1 Å². The quantitative estimate of drug-likeness (QED) is 0.767. The Labute approximate surface area is 96.1 Å². The maximum absolute atomic E-state index is 9.25. The zero-order valence-corrected chi connectivity index (χ0v) is 9.47. The molecule has 0 aliphatic rings. The average molecular weight is 222 g/mol. The minimum absolute atomic E-state index is 0.273. The van der Waals surface area contributed by atoms with Crippen molar-refractivity contribution in [1.29, 1.82) is 0 Å². The summed E-state index contributed by atoms with van der Waals surface area (Å²) in [6.45, 7) is 5.28. The summed E-state index contributed by atoms with van der Waals surface area (Å²) >= 11 is 0. The van der Waals surface area contributed by atoms with Crippen molar-refractivity contribution in [1.82, 2.24) is 0 Å². The number of carboxylic acids is 1. The molecule has 3 nitrogen and oxygen atoms in total. The molecule has 0 amide bonds. The van der Waals surface area contributed by atoms with Crippen LogP contribution in [-0.2, 0) is 11.2 Å². The molecular formula is C13H18O3. The van der Waals surface area contributed by atoms with Gasteiger partial charge < -0.3 is 10.2 Å². The predicted molar refractivity (Wildman–Crippen MR) is 64.2 cm³/mol. The summed E-state index contributed by atoms with van der Waals surface area (Å²) in [6, 6.07) is 10.2. The zero-order chi connectivity index (χ0) is 12.4. The summed E-state index contributed by atoms with van der Waals surface area (Å²) in [5, 5.41) is 16.4. The number of rotatable bonds is 4. The van der Waals surface area contributed by atoms with Gasteiger partial charge in [-0.25, -0.2) is 4.79 Å². The third-order valence-corrected chi connectivity index (χ3v) is 1.91. The Balaban J connectivity index is 0.000000385. The van der Waals surface area contributed by atoms with Gasteiger partial charge in [0.15, 0.2) is 0 Å². The molecule has 0 aromatic heterocycles. The van der Waals surface area contributed by atoms with Crippen LogP contribution in [0.1, 0.15) is 12.5 Å². The highest BCUT2D eigenvalue weighted by molar-refractivity contribution is 5.78. The second kappa shape index (κ2) is 8.68. The predicted octanol–water partition coefficient (Wildman–Crippen LogP) is 2.11. The van der Waals surface area contributed by atoms with E-state index in [0.29, 0.717) is 5.92 Å². The first-order valence-corrected chi connectivity index (χ1v) is 5.10. The maximum atomic E-state index is 9.25. The Kier molecular flexibility index (Phi) is 7.81. The Morgan fingerprint density at radius 3 is 2.31 bits per heavy atom. The Hall–Kier alpha value is -1.61. The van der Waals surface area contributed by atoms with Crippen LogP contribution < -0.4 is 0 Å². The summed E-state index contributed by atoms with van der Waals surface area (Å²) < 4.78 is 0. The van der Waals surface area contributed by atoms with Crippen LogP contribution in [0, 0.1) is 5.92 Å². The van der Waals surface area contributed by atoms with Crippen LogP contribution in [0.5, 0.6) is 0 Å². The molecular weight excluding hydrogens is 204 g/mol. The highest BCUT2D eigenvalue weighted by Crippen LogP contribution is 2.06. The van der Waals surface area contributed by atoms with Gasteiger partial charge in [-0.2, -0.15) is 0 Å². The van der Waals surface area contributed by atoms with E-state index in [2.05, 4.69) is 18.7 Å². The lowest BCUT2D eigenvalue weighted by Crippen LogP contribution is -2.03. The molecule has 3 heteroatoms. The SMILES string of the molecule is C=CC(=O)O.CC(CO)Cc1ccccc1. The number of hydrogen-bond donors (Lipinski definition) is 2. The Morgan fingerprint density at radius 1 is 1.44 bits per heavy atom. The molecule has 0 aliphatic heterocycles. The number of carboxylic acid groups (broad SMARTS) is 1. The van der Waals surface area contributed by atoms with Gasteiger partial charge in [0, 0.05) is 12.7 Å². The summed E-state index contributed by atoms with van der Waals surface area (Å²) in [6.07, 6.45) is 1.80. The first-order valence-electron chi connectivity index (χ1n) is 5.10. The van der Waals surface area contributed by atoms with Gasteiger partial charge in [-0.3, -0.25) is 0 Å². The molecule has 0 saturated carbocycles. The fraction of sp³-hybridized carbons (Fsp3) is 0.308. The summed E-state index contributed by atoms with van der Waals surface area (Å²) in [5.41, 5.74) is 1.30. The fourth-order valence-electron chi connectivity index (χ4n) is 1.08. The smallest absolute Gasteiger partial charge is 0.327 e. The van der Waals surface area contributed by atoms with Crippen molar-refractivity contribution in [2.75, 3.05) is 6.61 Å². The van der Waals surface area contributed by atoms with Crippen LogP contribution in [0.25, 0.3) is 0 Å². The number of hydrogen-bond acceptors (Lipinski definition) is 2. The Morgan fingerprint density at radius 2 is 1.94 bits per heavy atom. The first kappa shape index (κ1) is 14.4. The number of aliphatic hydroxyl groups excluding tert-OH is 1. The van der Waals surface area contributed by atoms with Crippen LogP contribution in [0.15, 0.2) is 43.0 Å². The molecule has 0 fully saturated rings. The van der Waals surface area contributed by atoms with Crippen LogP contribution in [0.3, 0.4) is 0 Å². The van der Waals surface area contributed by atoms with Gasteiger partial charge in [0.1, 0.15) is 0 Å².